The molecule has 0 fully saturated rings. The second-order valence-electron chi connectivity index (χ2n) is 14.5. The summed E-state index contributed by atoms with van der Waals surface area (Å²) in [5, 5.41) is 2.50. The van der Waals surface area contributed by atoms with Gasteiger partial charge in [0.15, 0.2) is 88.7 Å². The first-order valence-electron chi connectivity index (χ1n) is 18.7. The first-order valence-corrected chi connectivity index (χ1v) is 18.7. The van der Waals surface area contributed by atoms with Gasteiger partial charge in [0.05, 0.1) is 6.20 Å². The minimum atomic E-state index is -7.22. The Morgan fingerprint density at radius 3 is 1.04 bits per heavy atom. The second kappa shape index (κ2) is 18.3. The summed E-state index contributed by atoms with van der Waals surface area (Å²) in [5.74, 6) is -71.4. The van der Waals surface area contributed by atoms with Crippen molar-refractivity contribution in [3.63, 3.8) is 0 Å². The number of hydrogen-bond donors (Lipinski definition) is 0. The molecule has 0 unspecified atom stereocenters. The Kier molecular flexibility index (Phi) is 13.1. The molecule has 0 aliphatic heterocycles. The first kappa shape index (κ1) is 48.5. The lowest BCUT2D eigenvalue weighted by molar-refractivity contribution is -0.688. The van der Waals surface area contributed by atoms with Crippen molar-refractivity contribution in [3.8, 4) is 11.3 Å². The van der Waals surface area contributed by atoms with E-state index < -0.39 is 144 Å². The van der Waals surface area contributed by atoms with Crippen LogP contribution in [0.15, 0.2) is 91.4 Å². The fourth-order valence-corrected chi connectivity index (χ4v) is 7.70. The maximum atomic E-state index is 15.4. The molecule has 0 saturated carbocycles. The molecule has 0 saturated heterocycles. The van der Waals surface area contributed by atoms with E-state index >= 15 is 35.1 Å². The number of nitrogens with zero attached hydrogens (tertiary/aromatic N) is 2. The van der Waals surface area contributed by atoms with Crippen LogP contribution in [-0.4, -0.2) is 11.1 Å². The molecule has 1 aromatic heterocycles. The van der Waals surface area contributed by atoms with E-state index in [9.17, 15) is 52.7 Å². The summed E-state index contributed by atoms with van der Waals surface area (Å²) < 4.78 is 296. The highest BCUT2D eigenvalue weighted by Crippen LogP contribution is 2.31. The van der Waals surface area contributed by atoms with Crippen LogP contribution in [0.2, 0.25) is 0 Å². The summed E-state index contributed by atoms with van der Waals surface area (Å²) in [7, 11) is 0. The van der Waals surface area contributed by atoms with Crippen LogP contribution < -0.4 is 26.4 Å². The summed E-state index contributed by atoms with van der Waals surface area (Å²) in [4.78, 5) is 4.54. The zero-order chi connectivity index (χ0) is 49.8. The lowest BCUT2D eigenvalue weighted by Crippen LogP contribution is -2.81. The maximum absolute atomic E-state index is 15.4. The Hall–Kier alpha value is -7.46. The Labute approximate surface area is 366 Å². The third-order valence-corrected chi connectivity index (χ3v) is 10.7. The van der Waals surface area contributed by atoms with Crippen molar-refractivity contribution in [2.75, 3.05) is 0 Å². The van der Waals surface area contributed by atoms with E-state index in [1.165, 1.54) is 16.3 Å². The molecule has 0 aliphatic rings. The molecular weight excluding hydrogens is 959 g/mol. The van der Waals surface area contributed by atoms with E-state index in [1.807, 2.05) is 18.5 Å². The van der Waals surface area contributed by atoms with Crippen LogP contribution in [-0.2, 0) is 6.54 Å². The minimum Gasteiger partial charge on any atom is -0.244 e. The van der Waals surface area contributed by atoms with Gasteiger partial charge in [-0.15, -0.1) is 21.9 Å². The number of benzene rings is 7. The van der Waals surface area contributed by atoms with E-state index in [-0.39, 0.29) is 0 Å². The van der Waals surface area contributed by atoms with Crippen molar-refractivity contribution < 1.29 is 92.4 Å². The molecule has 1 heterocycles. The number of aromatic nitrogens is 2. The molecule has 0 radical (unpaired) electrons. The fraction of sp³-hybridized carbons (Fsp3) is 0.0222. The number of halogens is 20. The molecule has 0 bridgehead atoms. The van der Waals surface area contributed by atoms with Crippen LogP contribution in [0.25, 0.3) is 22.0 Å². The van der Waals surface area contributed by atoms with Crippen molar-refractivity contribution in [1.82, 2.24) is 4.98 Å². The average molecular weight is 976 g/mol. The molecule has 68 heavy (non-hydrogen) atoms. The van der Waals surface area contributed by atoms with E-state index in [2.05, 4.69) is 82.5 Å². The number of fused-ring (bicyclic) bond motifs is 1. The predicted molar refractivity (Wildman–Crippen MR) is 202 cm³/mol. The molecular formula is C45H17BF20N2. The van der Waals surface area contributed by atoms with Crippen molar-refractivity contribution in [1.29, 1.82) is 0 Å². The minimum absolute atomic E-state index is 0.851. The Morgan fingerprint density at radius 2 is 0.676 bits per heavy atom. The molecule has 350 valence electrons. The molecule has 8 aromatic rings. The van der Waals surface area contributed by atoms with Crippen molar-refractivity contribution in [3.05, 3.63) is 213 Å². The van der Waals surface area contributed by atoms with Crippen LogP contribution in [0.3, 0.4) is 0 Å². The molecule has 2 nitrogen and oxygen atoms in total. The Balaban J connectivity index is 0.000000246. The lowest BCUT2D eigenvalue weighted by atomic mass is 9.12. The lowest BCUT2D eigenvalue weighted by Gasteiger charge is -2.44. The van der Waals surface area contributed by atoms with E-state index in [4.69, 9.17) is 0 Å². The average Bonchev–Trinajstić information content (AvgIpc) is 3.34. The zero-order valence-electron chi connectivity index (χ0n) is 32.9. The number of hydrogen-bond acceptors (Lipinski definition) is 1. The summed E-state index contributed by atoms with van der Waals surface area (Å²) in [6.07, 6.45) is -1.23. The van der Waals surface area contributed by atoms with Crippen LogP contribution >= 0.6 is 0 Å². The fourth-order valence-electron chi connectivity index (χ4n) is 7.70. The first-order chi connectivity index (χ1) is 32.1. The highest BCUT2D eigenvalue weighted by molar-refractivity contribution is 7.20. The van der Waals surface area contributed by atoms with Crippen LogP contribution in [0.4, 0.5) is 87.8 Å². The smallest absolute Gasteiger partial charge is 0.200 e. The van der Waals surface area contributed by atoms with E-state index in [0.29, 0.717) is 0 Å². The van der Waals surface area contributed by atoms with Gasteiger partial charge in [-0.2, -0.15) is 4.57 Å². The van der Waals surface area contributed by atoms with Gasteiger partial charge in [-0.25, -0.2) is 92.8 Å². The van der Waals surface area contributed by atoms with E-state index in [1.54, 1.807) is 0 Å². The summed E-state index contributed by atoms with van der Waals surface area (Å²) in [6.45, 7) is 0.851. The second-order valence-corrected chi connectivity index (χ2v) is 14.5. The van der Waals surface area contributed by atoms with Gasteiger partial charge >= 0.3 is 0 Å². The van der Waals surface area contributed by atoms with Gasteiger partial charge in [-0.05, 0) is 16.8 Å². The van der Waals surface area contributed by atoms with Crippen LogP contribution in [0, 0.1) is 116 Å². The maximum Gasteiger partial charge on any atom is 0.200 e. The van der Waals surface area contributed by atoms with Crippen molar-refractivity contribution in [2.45, 2.75) is 6.54 Å². The largest absolute Gasteiger partial charge is 0.244 e. The Bertz CT molecular complexity index is 2950. The molecule has 23 heteroatoms. The monoisotopic (exact) mass is 976 g/mol. The molecule has 0 aliphatic carbocycles. The molecule has 7 aromatic carbocycles. The van der Waals surface area contributed by atoms with Gasteiger partial charge in [-0.3, -0.25) is 0 Å². The van der Waals surface area contributed by atoms with Gasteiger partial charge in [0, 0.05) is 11.1 Å². The normalized spacial score (nSPS) is 11.6. The third-order valence-electron chi connectivity index (χ3n) is 10.7. The van der Waals surface area contributed by atoms with Gasteiger partial charge in [-0.1, -0.05) is 66.7 Å². The van der Waals surface area contributed by atoms with Gasteiger partial charge in [0.25, 0.3) is 0 Å². The topological polar surface area (TPSA) is 16.8 Å². The van der Waals surface area contributed by atoms with Gasteiger partial charge in [0.2, 0.25) is 0 Å². The van der Waals surface area contributed by atoms with Crippen LogP contribution in [0.1, 0.15) is 5.56 Å². The third kappa shape index (κ3) is 7.71. The van der Waals surface area contributed by atoms with Crippen LogP contribution in [0.5, 0.6) is 0 Å². The highest BCUT2D eigenvalue weighted by Gasteiger charge is 2.52. The SMILES string of the molecule is Fc1c(F)c(F)c([B-](c2c(F)c(F)c(F)c(F)c2F)(c2c(F)c(F)c(F)c(F)c2F)c2c(F)c(F)c(F)c(F)c2F)c(F)c1F.c1ccc(C[n+]2ccnc(-c3ccc4ccccc4c3)c2)cc1. The molecule has 0 spiro atoms. The number of rotatable bonds is 7. The molecule has 8 rings (SSSR count). The predicted octanol–water partition coefficient (Wildman–Crippen LogP) is 10.1. The Morgan fingerprint density at radius 1 is 0.353 bits per heavy atom. The highest BCUT2D eigenvalue weighted by atomic mass is 19.2. The summed E-state index contributed by atoms with van der Waals surface area (Å²) in [5.41, 5.74) is -10.9. The molecule has 0 atom stereocenters. The van der Waals surface area contributed by atoms with Crippen molar-refractivity contribution in [2.24, 2.45) is 0 Å². The van der Waals surface area contributed by atoms with E-state index in [0.717, 1.165) is 17.8 Å². The summed E-state index contributed by atoms with van der Waals surface area (Å²) in [6, 6.07) is 25.4. The summed E-state index contributed by atoms with van der Waals surface area (Å²) >= 11 is 0. The molecule has 0 amide bonds. The molecule has 0 N–H and O–H groups in total. The van der Waals surface area contributed by atoms with Gasteiger partial charge < -0.3 is 0 Å². The van der Waals surface area contributed by atoms with Gasteiger partial charge in [0.1, 0.15) is 58.4 Å². The quantitative estimate of drug-likeness (QED) is 0.0512. The standard InChI is InChI=1S/C24BF20.C21H17N2/c26-5-1(6(27)14(35)21(42)13(5)34)25(2-7(28)15(36)22(43)16(37)8(2)29,3-9(30)17(38)23(44)18(39)10(3)31)4-11(32)19(40)24(45)20(41)12(4)33;1-2-6-17(7-3-1)15-23-13-12-22-21(16-23)20-11-10-18-8-4-5-9-19(18)14-20/h;1-14,16H,15H2/q-1;+1. The van der Waals surface area contributed by atoms with Crippen molar-refractivity contribution >= 4 is 38.8 Å². The zero-order valence-corrected chi connectivity index (χ0v) is 32.9.